The number of aliphatic carboxylic acids is 1. The Bertz CT molecular complexity index is 537. The summed E-state index contributed by atoms with van der Waals surface area (Å²) in [6.07, 6.45) is -0.448. The third kappa shape index (κ3) is 3.81. The topological polar surface area (TPSA) is 49.4 Å². The molecule has 3 nitrogen and oxygen atoms in total. The van der Waals surface area contributed by atoms with Crippen LogP contribution in [0.25, 0.3) is 0 Å². The zero-order chi connectivity index (χ0) is 13.7. The summed E-state index contributed by atoms with van der Waals surface area (Å²) < 4.78 is 5.41. The molecule has 0 aliphatic rings. The number of rotatable bonds is 5. The van der Waals surface area contributed by atoms with Crippen LogP contribution < -0.4 is 5.11 Å². The van der Waals surface area contributed by atoms with Crippen molar-refractivity contribution in [3.05, 3.63) is 70.7 Å². The lowest BCUT2D eigenvalue weighted by Crippen LogP contribution is -2.28. The zero-order valence-corrected chi connectivity index (χ0v) is 10.8. The van der Waals surface area contributed by atoms with Crippen molar-refractivity contribution >= 4 is 17.6 Å². The normalized spacial score (nSPS) is 12.1. The average molecular weight is 276 g/mol. The Balaban J connectivity index is 2.28. The molecule has 2 rings (SSSR count). The lowest BCUT2D eigenvalue weighted by atomic mass is 10.0. The molecule has 0 heterocycles. The highest BCUT2D eigenvalue weighted by molar-refractivity contribution is 6.30. The molecule has 0 aromatic heterocycles. The van der Waals surface area contributed by atoms with Gasteiger partial charge in [0.2, 0.25) is 0 Å². The Morgan fingerprint density at radius 2 is 1.63 bits per heavy atom. The van der Waals surface area contributed by atoms with Gasteiger partial charge in [0.25, 0.3) is 0 Å². The van der Waals surface area contributed by atoms with Crippen LogP contribution >= 0.6 is 11.6 Å². The molecule has 4 heteroatoms. The number of halogens is 1. The molecule has 0 spiro atoms. The summed E-state index contributed by atoms with van der Waals surface area (Å²) in [4.78, 5) is 10.6. The van der Waals surface area contributed by atoms with Crippen LogP contribution in [0.4, 0.5) is 0 Å². The summed E-state index contributed by atoms with van der Waals surface area (Å²) in [6, 6.07) is 16.5. The highest BCUT2D eigenvalue weighted by Crippen LogP contribution is 2.26. The fourth-order valence-electron chi connectivity index (χ4n) is 1.80. The van der Waals surface area contributed by atoms with Gasteiger partial charge in [-0.15, -0.1) is 0 Å². The smallest absolute Gasteiger partial charge is 0.108 e. The van der Waals surface area contributed by atoms with E-state index in [4.69, 9.17) is 16.3 Å². The lowest BCUT2D eigenvalue weighted by Gasteiger charge is -2.19. The van der Waals surface area contributed by atoms with Crippen molar-refractivity contribution < 1.29 is 14.6 Å². The van der Waals surface area contributed by atoms with E-state index in [2.05, 4.69) is 0 Å². The van der Waals surface area contributed by atoms with Crippen molar-refractivity contribution in [3.8, 4) is 0 Å². The van der Waals surface area contributed by atoms with E-state index in [0.717, 1.165) is 11.1 Å². The Morgan fingerprint density at radius 3 is 2.21 bits per heavy atom. The van der Waals surface area contributed by atoms with E-state index in [1.54, 1.807) is 12.1 Å². The second kappa shape index (κ2) is 6.36. The maximum absolute atomic E-state index is 10.6. The van der Waals surface area contributed by atoms with Gasteiger partial charge in [0.1, 0.15) is 6.10 Å². The molecule has 0 amide bonds. The molecular weight excluding hydrogens is 264 g/mol. The van der Waals surface area contributed by atoms with Gasteiger partial charge in [-0.05, 0) is 23.3 Å². The molecule has 0 saturated heterocycles. The molecule has 0 bridgehead atoms. The first-order valence-electron chi connectivity index (χ1n) is 5.78. The Labute approximate surface area is 116 Å². The lowest BCUT2D eigenvalue weighted by molar-refractivity contribution is -0.310. The highest BCUT2D eigenvalue weighted by Gasteiger charge is 2.14. The van der Waals surface area contributed by atoms with Crippen molar-refractivity contribution in [2.75, 3.05) is 6.61 Å². The van der Waals surface area contributed by atoms with Gasteiger partial charge in [-0.25, -0.2) is 0 Å². The predicted octanol–water partition coefficient (Wildman–Crippen LogP) is 2.20. The third-order valence-corrected chi connectivity index (χ3v) is 2.89. The van der Waals surface area contributed by atoms with E-state index in [1.807, 2.05) is 42.5 Å². The van der Waals surface area contributed by atoms with Gasteiger partial charge in [-0.2, -0.15) is 0 Å². The summed E-state index contributed by atoms with van der Waals surface area (Å²) in [7, 11) is 0. The molecule has 2 aromatic rings. The first-order chi connectivity index (χ1) is 9.16. The van der Waals surface area contributed by atoms with Crippen molar-refractivity contribution in [2.45, 2.75) is 6.10 Å². The first kappa shape index (κ1) is 13.6. The van der Waals surface area contributed by atoms with Gasteiger partial charge >= 0.3 is 0 Å². The zero-order valence-electron chi connectivity index (χ0n) is 10.1. The van der Waals surface area contributed by atoms with Crippen LogP contribution in [0.1, 0.15) is 17.2 Å². The molecule has 0 radical (unpaired) electrons. The van der Waals surface area contributed by atoms with Crippen molar-refractivity contribution in [1.82, 2.24) is 0 Å². The van der Waals surface area contributed by atoms with Crippen LogP contribution in [-0.4, -0.2) is 12.6 Å². The van der Waals surface area contributed by atoms with Crippen molar-refractivity contribution in [2.24, 2.45) is 0 Å². The number of benzene rings is 2. The average Bonchev–Trinajstić information content (AvgIpc) is 2.42. The maximum Gasteiger partial charge on any atom is 0.108 e. The van der Waals surface area contributed by atoms with Crippen LogP contribution in [0, 0.1) is 0 Å². The molecule has 0 aliphatic heterocycles. The molecule has 19 heavy (non-hydrogen) atoms. The van der Waals surface area contributed by atoms with E-state index in [-0.39, 0.29) is 0 Å². The molecule has 0 aliphatic carbocycles. The number of hydrogen-bond donors (Lipinski definition) is 0. The van der Waals surface area contributed by atoms with Crippen molar-refractivity contribution in [1.29, 1.82) is 0 Å². The third-order valence-electron chi connectivity index (χ3n) is 2.64. The molecule has 2 aromatic carbocycles. The minimum atomic E-state index is -1.24. The number of carbonyl (C=O) groups is 1. The van der Waals surface area contributed by atoms with E-state index >= 15 is 0 Å². The summed E-state index contributed by atoms with van der Waals surface area (Å²) in [5.74, 6) is -1.24. The molecule has 1 unspecified atom stereocenters. The van der Waals surface area contributed by atoms with E-state index in [0.29, 0.717) is 5.02 Å². The minimum absolute atomic E-state index is 0.448. The summed E-state index contributed by atoms with van der Waals surface area (Å²) in [5.41, 5.74) is 1.72. The molecule has 1 atom stereocenters. The largest absolute Gasteiger partial charge is 0.548 e. The van der Waals surface area contributed by atoms with E-state index in [1.165, 1.54) is 0 Å². The first-order valence-corrected chi connectivity index (χ1v) is 6.16. The van der Waals surface area contributed by atoms with Gasteiger partial charge in [0, 0.05) is 5.02 Å². The fraction of sp³-hybridized carbons (Fsp3) is 0.133. The molecular formula is C15H12ClO3-. The quantitative estimate of drug-likeness (QED) is 0.840. The second-order valence-corrected chi connectivity index (χ2v) is 4.46. The van der Waals surface area contributed by atoms with Gasteiger partial charge in [-0.1, -0.05) is 54.1 Å². The summed E-state index contributed by atoms with van der Waals surface area (Å²) >= 11 is 5.84. The van der Waals surface area contributed by atoms with Gasteiger partial charge in [-0.3, -0.25) is 0 Å². The monoisotopic (exact) mass is 275 g/mol. The van der Waals surface area contributed by atoms with Crippen LogP contribution in [0.2, 0.25) is 5.02 Å². The van der Waals surface area contributed by atoms with E-state index < -0.39 is 18.7 Å². The van der Waals surface area contributed by atoms with Gasteiger partial charge in [0.05, 0.1) is 12.6 Å². The SMILES string of the molecule is O=C([O-])COC(c1ccccc1)c1ccc(Cl)cc1. The van der Waals surface area contributed by atoms with Gasteiger partial charge < -0.3 is 14.6 Å². The standard InChI is InChI=1S/C15H13ClO3/c16-13-8-6-12(7-9-13)15(19-10-14(17)18)11-4-2-1-3-5-11/h1-9,15H,10H2,(H,17,18)/p-1. The fourth-order valence-corrected chi connectivity index (χ4v) is 1.93. The summed E-state index contributed by atoms with van der Waals surface area (Å²) in [5, 5.41) is 11.2. The van der Waals surface area contributed by atoms with Crippen LogP contribution in [0.15, 0.2) is 54.6 Å². The number of ether oxygens (including phenoxy) is 1. The molecule has 0 fully saturated rings. The number of hydrogen-bond acceptors (Lipinski definition) is 3. The number of carboxylic acids is 1. The molecule has 98 valence electrons. The highest BCUT2D eigenvalue weighted by atomic mass is 35.5. The molecule has 0 N–H and O–H groups in total. The number of carboxylic acid groups (broad SMARTS) is 1. The predicted molar refractivity (Wildman–Crippen MR) is 70.7 cm³/mol. The Hall–Kier alpha value is -1.84. The second-order valence-electron chi connectivity index (χ2n) is 4.03. The maximum atomic E-state index is 10.6. The van der Waals surface area contributed by atoms with E-state index in [9.17, 15) is 9.90 Å². The van der Waals surface area contributed by atoms with Crippen LogP contribution in [0.3, 0.4) is 0 Å². The minimum Gasteiger partial charge on any atom is -0.548 e. The molecule has 0 saturated carbocycles. The van der Waals surface area contributed by atoms with Gasteiger partial charge in [0.15, 0.2) is 0 Å². The van der Waals surface area contributed by atoms with Crippen molar-refractivity contribution in [3.63, 3.8) is 0 Å². The number of carbonyl (C=O) groups excluding carboxylic acids is 1. The summed E-state index contributed by atoms with van der Waals surface area (Å²) in [6.45, 7) is -0.456. The van der Waals surface area contributed by atoms with Crippen LogP contribution in [-0.2, 0) is 9.53 Å². The van der Waals surface area contributed by atoms with Crippen LogP contribution in [0.5, 0.6) is 0 Å². The Kier molecular flexibility index (Phi) is 4.55. The Morgan fingerprint density at radius 1 is 1.05 bits per heavy atom.